The maximum atomic E-state index is 15.9. The van der Waals surface area contributed by atoms with Crippen LogP contribution in [0.5, 0.6) is 0 Å². The fraction of sp³-hybridized carbons (Fsp3) is 0.483. The van der Waals surface area contributed by atoms with E-state index in [1.807, 2.05) is 0 Å². The molecule has 1 amide bonds. The molecule has 1 saturated carbocycles. The van der Waals surface area contributed by atoms with Crippen molar-refractivity contribution >= 4 is 11.6 Å². The second-order valence-electron chi connectivity index (χ2n) is 11.9. The van der Waals surface area contributed by atoms with Gasteiger partial charge in [-0.15, -0.1) is 10.2 Å². The fourth-order valence-corrected chi connectivity index (χ4v) is 6.56. The third-order valence-corrected chi connectivity index (χ3v) is 9.20. The minimum Gasteiger partial charge on any atom is -0.379 e. The molecule has 4 aliphatic rings. The van der Waals surface area contributed by atoms with Gasteiger partial charge in [0.15, 0.2) is 12.0 Å². The van der Waals surface area contributed by atoms with Gasteiger partial charge in [-0.25, -0.2) is 4.39 Å². The molecule has 1 aliphatic carbocycles. The van der Waals surface area contributed by atoms with Gasteiger partial charge in [0.1, 0.15) is 6.33 Å². The molecule has 0 unspecified atom stereocenters. The van der Waals surface area contributed by atoms with Crippen LogP contribution in [0.1, 0.15) is 63.9 Å². The minimum absolute atomic E-state index is 0.0177. The number of anilines is 1. The van der Waals surface area contributed by atoms with Crippen molar-refractivity contribution in [3.8, 4) is 0 Å². The zero-order valence-corrected chi connectivity index (χ0v) is 22.0. The standard InChI is InChI=1S/C29H29F4N5O2/c1-36-17-34-35-25(36)24(30)28(15-40-16-28)19-3-2-4-20(11-19)38-13-22-21(26(38)39)9-18(10-23(22)29(31,32)33)12-37-8-7-27(14-37)5-6-27/h2-4,9-11,17,24H,5-8,12-16H2,1H3/t24-/m1/s1. The molecule has 0 radical (unpaired) electrons. The van der Waals surface area contributed by atoms with Crippen molar-refractivity contribution in [1.29, 1.82) is 0 Å². The molecule has 11 heteroatoms. The van der Waals surface area contributed by atoms with Gasteiger partial charge < -0.3 is 14.2 Å². The Morgan fingerprint density at radius 2 is 1.93 bits per heavy atom. The topological polar surface area (TPSA) is 63.5 Å². The van der Waals surface area contributed by atoms with Gasteiger partial charge in [-0.3, -0.25) is 9.69 Å². The maximum Gasteiger partial charge on any atom is 0.416 e. The molecular formula is C29H29F4N5O2. The number of benzene rings is 2. The number of aromatic nitrogens is 3. The molecule has 3 aliphatic heterocycles. The zero-order chi connectivity index (χ0) is 27.9. The van der Waals surface area contributed by atoms with Crippen LogP contribution < -0.4 is 4.90 Å². The lowest BCUT2D eigenvalue weighted by Crippen LogP contribution is -2.50. The first-order chi connectivity index (χ1) is 19.1. The van der Waals surface area contributed by atoms with Crippen LogP contribution in [0.25, 0.3) is 0 Å². The highest BCUT2D eigenvalue weighted by atomic mass is 19.4. The maximum absolute atomic E-state index is 15.9. The van der Waals surface area contributed by atoms with Gasteiger partial charge in [0, 0.05) is 31.4 Å². The number of carbonyl (C=O) groups excluding carboxylic acids is 1. The van der Waals surface area contributed by atoms with E-state index in [0.29, 0.717) is 28.8 Å². The van der Waals surface area contributed by atoms with Crippen LogP contribution >= 0.6 is 0 Å². The molecule has 1 spiro atoms. The van der Waals surface area contributed by atoms with E-state index in [-0.39, 0.29) is 36.7 Å². The Labute approximate surface area is 228 Å². The smallest absolute Gasteiger partial charge is 0.379 e. The number of rotatable bonds is 6. The molecule has 3 aromatic rings. The first kappa shape index (κ1) is 25.6. The highest BCUT2D eigenvalue weighted by molar-refractivity contribution is 6.10. The molecule has 1 atom stereocenters. The number of carbonyl (C=O) groups is 1. The summed E-state index contributed by atoms with van der Waals surface area (Å²) in [4.78, 5) is 17.2. The number of halogens is 4. The van der Waals surface area contributed by atoms with Gasteiger partial charge in [0.05, 0.1) is 30.7 Å². The van der Waals surface area contributed by atoms with Crippen molar-refractivity contribution in [3.63, 3.8) is 0 Å². The van der Waals surface area contributed by atoms with Crippen LogP contribution in [0, 0.1) is 5.41 Å². The van der Waals surface area contributed by atoms with Crippen LogP contribution in [0.3, 0.4) is 0 Å². The zero-order valence-electron chi connectivity index (χ0n) is 22.0. The third-order valence-electron chi connectivity index (χ3n) is 9.20. The Bertz CT molecular complexity index is 1490. The van der Waals surface area contributed by atoms with Gasteiger partial charge in [0.2, 0.25) is 0 Å². The van der Waals surface area contributed by atoms with Crippen LogP contribution in [0.2, 0.25) is 0 Å². The van der Waals surface area contributed by atoms with Crippen LogP contribution in [0.4, 0.5) is 23.2 Å². The molecule has 40 heavy (non-hydrogen) atoms. The minimum atomic E-state index is -4.59. The van der Waals surface area contributed by atoms with Gasteiger partial charge in [-0.1, -0.05) is 12.1 Å². The summed E-state index contributed by atoms with van der Waals surface area (Å²) in [5.74, 6) is -0.324. The van der Waals surface area contributed by atoms with Crippen molar-refractivity contribution in [3.05, 3.63) is 76.4 Å². The summed E-state index contributed by atoms with van der Waals surface area (Å²) in [7, 11) is 1.66. The SMILES string of the molecule is Cn1cnnc1[C@@H](F)C1(c2cccc(N3Cc4c(cc(CN5CCC6(CC6)C5)cc4C(F)(F)F)C3=O)c2)COC1. The molecule has 210 valence electrons. The number of nitrogens with zero attached hydrogens (tertiary/aromatic N) is 5. The molecule has 0 bridgehead atoms. The first-order valence-electron chi connectivity index (χ1n) is 13.5. The second kappa shape index (κ2) is 8.84. The Kier molecular flexibility index (Phi) is 5.67. The summed E-state index contributed by atoms with van der Waals surface area (Å²) in [6.07, 6.45) is -1.24. The summed E-state index contributed by atoms with van der Waals surface area (Å²) < 4.78 is 65.5. The van der Waals surface area contributed by atoms with Crippen LogP contribution in [-0.4, -0.2) is 51.9 Å². The Morgan fingerprint density at radius 3 is 2.55 bits per heavy atom. The predicted octanol–water partition coefficient (Wildman–Crippen LogP) is 4.96. The number of aryl methyl sites for hydroxylation is 1. The fourth-order valence-electron chi connectivity index (χ4n) is 6.56. The number of ether oxygens (including phenoxy) is 1. The van der Waals surface area contributed by atoms with Gasteiger partial charge >= 0.3 is 6.18 Å². The summed E-state index contributed by atoms with van der Waals surface area (Å²) in [5.41, 5.74) is 0.136. The first-order valence-corrected chi connectivity index (χ1v) is 13.5. The molecule has 0 N–H and O–H groups in total. The van der Waals surface area contributed by atoms with E-state index >= 15 is 4.39 Å². The third kappa shape index (κ3) is 4.04. The molecular weight excluding hydrogens is 526 g/mol. The normalized spacial score (nSPS) is 22.0. The van der Waals surface area contributed by atoms with E-state index in [9.17, 15) is 18.0 Å². The van der Waals surface area contributed by atoms with E-state index in [2.05, 4.69) is 15.1 Å². The van der Waals surface area contributed by atoms with Crippen molar-refractivity contribution < 1.29 is 27.1 Å². The van der Waals surface area contributed by atoms with Gasteiger partial charge in [0.25, 0.3) is 5.91 Å². The molecule has 4 heterocycles. The lowest BCUT2D eigenvalue weighted by atomic mass is 9.74. The van der Waals surface area contributed by atoms with Crippen LogP contribution in [-0.2, 0) is 36.5 Å². The second-order valence-corrected chi connectivity index (χ2v) is 11.9. The Morgan fingerprint density at radius 1 is 1.12 bits per heavy atom. The van der Waals surface area contributed by atoms with Crippen molar-refractivity contribution in [2.45, 2.75) is 50.1 Å². The van der Waals surface area contributed by atoms with Crippen LogP contribution in [0.15, 0.2) is 42.7 Å². The number of alkyl halides is 4. The summed E-state index contributed by atoms with van der Waals surface area (Å²) in [6, 6.07) is 9.64. The summed E-state index contributed by atoms with van der Waals surface area (Å²) >= 11 is 0. The molecule has 2 saturated heterocycles. The number of amides is 1. The average Bonchev–Trinajstić information content (AvgIpc) is 3.16. The highest BCUT2D eigenvalue weighted by Crippen LogP contribution is 2.53. The van der Waals surface area contributed by atoms with Gasteiger partial charge in [-0.05, 0) is 72.2 Å². The molecule has 2 aromatic carbocycles. The number of hydrogen-bond acceptors (Lipinski definition) is 5. The number of hydrogen-bond donors (Lipinski definition) is 0. The van der Waals surface area contributed by atoms with Gasteiger partial charge in [-0.2, -0.15) is 13.2 Å². The monoisotopic (exact) mass is 555 g/mol. The summed E-state index contributed by atoms with van der Waals surface area (Å²) in [5, 5.41) is 7.71. The predicted molar refractivity (Wildman–Crippen MR) is 137 cm³/mol. The molecule has 1 aromatic heterocycles. The number of fused-ring (bicyclic) bond motifs is 1. The highest BCUT2D eigenvalue weighted by Gasteiger charge is 2.51. The van der Waals surface area contributed by atoms with E-state index < -0.39 is 29.2 Å². The van der Waals surface area contributed by atoms with E-state index in [0.717, 1.165) is 19.5 Å². The lowest BCUT2D eigenvalue weighted by molar-refractivity contribution is -0.138. The van der Waals surface area contributed by atoms with E-state index in [4.69, 9.17) is 4.74 Å². The average molecular weight is 556 g/mol. The van der Waals surface area contributed by atoms with E-state index in [1.165, 1.54) is 34.7 Å². The molecule has 3 fully saturated rings. The molecule has 7 rings (SSSR count). The van der Waals surface area contributed by atoms with Crippen molar-refractivity contribution in [2.24, 2.45) is 12.5 Å². The number of likely N-dealkylation sites (tertiary alicyclic amines) is 1. The van der Waals surface area contributed by atoms with E-state index in [1.54, 1.807) is 37.4 Å². The molecule has 7 nitrogen and oxygen atoms in total. The quantitative estimate of drug-likeness (QED) is 0.403. The van der Waals surface area contributed by atoms with Crippen molar-refractivity contribution in [2.75, 3.05) is 31.2 Å². The Hall–Kier alpha value is -3.31. The summed E-state index contributed by atoms with van der Waals surface area (Å²) in [6.45, 7) is 2.17. The lowest BCUT2D eigenvalue weighted by Gasteiger charge is -2.43. The Balaban J connectivity index is 1.20. The largest absolute Gasteiger partial charge is 0.416 e. The van der Waals surface area contributed by atoms with Crippen molar-refractivity contribution in [1.82, 2.24) is 19.7 Å².